The van der Waals surface area contributed by atoms with Crippen LogP contribution in [0, 0.1) is 5.82 Å². The van der Waals surface area contributed by atoms with Crippen LogP contribution in [0.3, 0.4) is 0 Å². The quantitative estimate of drug-likeness (QED) is 0.722. The molecule has 0 saturated carbocycles. The Hall–Kier alpha value is -1.73. The summed E-state index contributed by atoms with van der Waals surface area (Å²) in [6.45, 7) is 0.0268. The van der Waals surface area contributed by atoms with Crippen LogP contribution in [-0.4, -0.2) is 9.78 Å². The van der Waals surface area contributed by atoms with Crippen LogP contribution >= 0.6 is 27.3 Å². The highest BCUT2D eigenvalue weighted by Gasteiger charge is 2.13. The van der Waals surface area contributed by atoms with Gasteiger partial charge in [0.15, 0.2) is 0 Å². The molecule has 2 aromatic heterocycles. The zero-order chi connectivity index (χ0) is 14.1. The van der Waals surface area contributed by atoms with Crippen molar-refractivity contribution in [2.75, 3.05) is 0 Å². The molecule has 0 aliphatic carbocycles. The second-order valence-electron chi connectivity index (χ2n) is 4.04. The van der Waals surface area contributed by atoms with Crippen LogP contribution in [0.15, 0.2) is 49.4 Å². The topological polar surface area (TPSA) is 48.0 Å². The molecule has 0 radical (unpaired) electrons. The SMILES string of the molecule is O=c1oc(-c2cccs2)nn1Cc1cc(Br)ccc1F. The maximum atomic E-state index is 13.7. The molecule has 0 saturated heterocycles. The van der Waals surface area contributed by atoms with Crippen LogP contribution in [0.25, 0.3) is 10.8 Å². The van der Waals surface area contributed by atoms with Crippen molar-refractivity contribution in [2.24, 2.45) is 0 Å². The Balaban J connectivity index is 1.95. The second kappa shape index (κ2) is 5.34. The number of benzene rings is 1. The first-order chi connectivity index (χ1) is 9.63. The molecule has 3 aromatic rings. The number of halogens is 2. The Kier molecular flexibility index (Phi) is 3.54. The van der Waals surface area contributed by atoms with Crippen molar-refractivity contribution < 1.29 is 8.81 Å². The van der Waals surface area contributed by atoms with Crippen molar-refractivity contribution in [1.29, 1.82) is 0 Å². The predicted molar refractivity (Wildman–Crippen MR) is 77.3 cm³/mol. The van der Waals surface area contributed by atoms with Crippen LogP contribution in [0.4, 0.5) is 4.39 Å². The van der Waals surface area contributed by atoms with Gasteiger partial charge in [-0.15, -0.1) is 16.4 Å². The Labute approximate surface area is 125 Å². The smallest absolute Gasteiger partial charge is 0.387 e. The van der Waals surface area contributed by atoms with Crippen molar-refractivity contribution >= 4 is 27.3 Å². The molecule has 7 heteroatoms. The van der Waals surface area contributed by atoms with Gasteiger partial charge in [0.05, 0.1) is 11.4 Å². The summed E-state index contributed by atoms with van der Waals surface area (Å²) in [5, 5.41) is 5.95. The van der Waals surface area contributed by atoms with Gasteiger partial charge in [-0.1, -0.05) is 22.0 Å². The molecule has 0 atom stereocenters. The zero-order valence-electron chi connectivity index (χ0n) is 10.0. The molecular weight excluding hydrogens is 347 g/mol. The van der Waals surface area contributed by atoms with Crippen molar-refractivity contribution in [3.8, 4) is 10.8 Å². The first-order valence-corrected chi connectivity index (χ1v) is 7.36. The highest BCUT2D eigenvalue weighted by molar-refractivity contribution is 9.10. The number of rotatable bonds is 3. The third kappa shape index (κ3) is 2.59. The minimum Gasteiger partial charge on any atom is -0.387 e. The van der Waals surface area contributed by atoms with E-state index in [1.807, 2.05) is 11.4 Å². The van der Waals surface area contributed by atoms with E-state index in [1.54, 1.807) is 18.2 Å². The summed E-state index contributed by atoms with van der Waals surface area (Å²) >= 11 is 4.69. The molecule has 0 aliphatic rings. The maximum absolute atomic E-state index is 13.7. The molecule has 0 fully saturated rings. The third-order valence-corrected chi connectivity index (χ3v) is 4.02. The lowest BCUT2D eigenvalue weighted by Crippen LogP contribution is -2.17. The fraction of sp³-hybridized carbons (Fsp3) is 0.0769. The van der Waals surface area contributed by atoms with E-state index in [4.69, 9.17) is 4.42 Å². The maximum Gasteiger partial charge on any atom is 0.437 e. The highest BCUT2D eigenvalue weighted by Crippen LogP contribution is 2.21. The van der Waals surface area contributed by atoms with Gasteiger partial charge < -0.3 is 4.42 Å². The Morgan fingerprint density at radius 1 is 1.40 bits per heavy atom. The van der Waals surface area contributed by atoms with Crippen molar-refractivity contribution in [1.82, 2.24) is 9.78 Å². The molecule has 20 heavy (non-hydrogen) atoms. The van der Waals surface area contributed by atoms with Gasteiger partial charge >= 0.3 is 5.76 Å². The number of aromatic nitrogens is 2. The van der Waals surface area contributed by atoms with Gasteiger partial charge in [-0.2, -0.15) is 4.68 Å². The summed E-state index contributed by atoms with van der Waals surface area (Å²) in [5.74, 6) is -0.742. The highest BCUT2D eigenvalue weighted by atomic mass is 79.9. The van der Waals surface area contributed by atoms with Crippen LogP contribution in [-0.2, 0) is 6.54 Å². The molecule has 0 N–H and O–H groups in total. The van der Waals surface area contributed by atoms with Gasteiger partial charge in [0.1, 0.15) is 5.82 Å². The largest absolute Gasteiger partial charge is 0.437 e. The van der Waals surface area contributed by atoms with E-state index in [0.29, 0.717) is 5.56 Å². The Morgan fingerprint density at radius 3 is 3.00 bits per heavy atom. The van der Waals surface area contributed by atoms with Crippen LogP contribution < -0.4 is 5.76 Å². The monoisotopic (exact) mass is 354 g/mol. The molecule has 0 spiro atoms. The average molecular weight is 355 g/mol. The van der Waals surface area contributed by atoms with Gasteiger partial charge in [-0.3, -0.25) is 0 Å². The predicted octanol–water partition coefficient (Wildman–Crippen LogP) is 3.51. The minimum absolute atomic E-state index is 0.0268. The number of hydrogen-bond acceptors (Lipinski definition) is 4. The summed E-state index contributed by atoms with van der Waals surface area (Å²) < 4.78 is 20.6. The summed E-state index contributed by atoms with van der Waals surface area (Å²) in [5.41, 5.74) is 0.368. The van der Waals surface area contributed by atoms with E-state index in [9.17, 15) is 9.18 Å². The molecular formula is C13H8BrFN2O2S. The van der Waals surface area contributed by atoms with Gasteiger partial charge in [-0.05, 0) is 29.6 Å². The van der Waals surface area contributed by atoms with Gasteiger partial charge in [0.25, 0.3) is 5.89 Å². The van der Waals surface area contributed by atoms with Crippen LogP contribution in [0.1, 0.15) is 5.56 Å². The van der Waals surface area contributed by atoms with Gasteiger partial charge in [0.2, 0.25) is 0 Å². The molecule has 0 amide bonds. The van der Waals surface area contributed by atoms with Gasteiger partial charge in [0, 0.05) is 10.0 Å². The minimum atomic E-state index is -0.604. The van der Waals surface area contributed by atoms with E-state index >= 15 is 0 Å². The zero-order valence-corrected chi connectivity index (χ0v) is 12.4. The average Bonchev–Trinajstić information content (AvgIpc) is 3.04. The fourth-order valence-corrected chi connectivity index (χ4v) is 2.78. The number of nitrogens with zero attached hydrogens (tertiary/aromatic N) is 2. The first kappa shape index (κ1) is 13.3. The van der Waals surface area contributed by atoms with E-state index in [0.717, 1.165) is 14.0 Å². The lowest BCUT2D eigenvalue weighted by atomic mass is 10.2. The summed E-state index contributed by atoms with van der Waals surface area (Å²) in [6, 6.07) is 8.19. The Morgan fingerprint density at radius 2 is 2.25 bits per heavy atom. The van der Waals surface area contributed by atoms with Crippen LogP contribution in [0.2, 0.25) is 0 Å². The van der Waals surface area contributed by atoms with E-state index in [-0.39, 0.29) is 18.3 Å². The first-order valence-electron chi connectivity index (χ1n) is 5.69. The van der Waals surface area contributed by atoms with Crippen molar-refractivity contribution in [2.45, 2.75) is 6.54 Å². The standard InChI is InChI=1S/C13H8BrFN2O2S/c14-9-3-4-10(15)8(6-9)7-17-13(18)19-12(16-17)11-2-1-5-20-11/h1-6H,7H2. The number of thiophene rings is 1. The molecule has 0 aliphatic heterocycles. The molecule has 4 nitrogen and oxygen atoms in total. The van der Waals surface area contributed by atoms with Crippen molar-refractivity contribution in [3.05, 3.63) is 62.1 Å². The molecule has 3 rings (SSSR count). The van der Waals surface area contributed by atoms with Gasteiger partial charge in [-0.25, -0.2) is 9.18 Å². The fourth-order valence-electron chi connectivity index (χ4n) is 1.73. The lowest BCUT2D eigenvalue weighted by Gasteiger charge is -2.02. The Bertz CT molecular complexity index is 795. The lowest BCUT2D eigenvalue weighted by molar-refractivity contribution is 0.490. The molecule has 0 unspecified atom stereocenters. The molecule has 1 aromatic carbocycles. The third-order valence-electron chi connectivity index (χ3n) is 2.67. The molecule has 102 valence electrons. The van der Waals surface area contributed by atoms with Crippen LogP contribution in [0.5, 0.6) is 0 Å². The second-order valence-corrected chi connectivity index (χ2v) is 5.91. The van der Waals surface area contributed by atoms with E-state index < -0.39 is 5.76 Å². The number of hydrogen-bond donors (Lipinski definition) is 0. The molecule has 2 heterocycles. The molecule has 0 bridgehead atoms. The normalized spacial score (nSPS) is 10.9. The van der Waals surface area contributed by atoms with E-state index in [2.05, 4.69) is 21.0 Å². The van der Waals surface area contributed by atoms with E-state index in [1.165, 1.54) is 17.4 Å². The summed E-state index contributed by atoms with van der Waals surface area (Å²) in [6.07, 6.45) is 0. The van der Waals surface area contributed by atoms with Crippen molar-refractivity contribution in [3.63, 3.8) is 0 Å². The summed E-state index contributed by atoms with van der Waals surface area (Å²) in [4.78, 5) is 12.5. The summed E-state index contributed by atoms with van der Waals surface area (Å²) in [7, 11) is 0.